The van der Waals surface area contributed by atoms with Crippen molar-refractivity contribution in [3.63, 3.8) is 0 Å². The Morgan fingerprint density at radius 1 is 0.686 bits per heavy atom. The number of carbonyl (C=O) groups excluding carboxylic acids is 2. The number of halogens is 2. The summed E-state index contributed by atoms with van der Waals surface area (Å²) in [4.78, 5) is 33.1. The van der Waals surface area contributed by atoms with Crippen LogP contribution in [0.5, 0.6) is 0 Å². The van der Waals surface area contributed by atoms with E-state index in [0.717, 1.165) is 16.8 Å². The number of aromatic nitrogens is 2. The molecule has 0 saturated carbocycles. The molecule has 6 nitrogen and oxygen atoms in total. The van der Waals surface area contributed by atoms with Gasteiger partial charge in [0, 0.05) is 28.1 Å². The second kappa shape index (κ2) is 9.62. The number of fused-ring (bicyclic) bond motifs is 1. The molecule has 0 bridgehead atoms. The van der Waals surface area contributed by atoms with Crippen molar-refractivity contribution in [1.82, 2.24) is 9.97 Å². The lowest BCUT2D eigenvalue weighted by Gasteiger charge is -2.07. The molecule has 1 heterocycles. The highest BCUT2D eigenvalue weighted by molar-refractivity contribution is 6.42. The fourth-order valence-electron chi connectivity index (χ4n) is 3.57. The largest absolute Gasteiger partial charge is 0.338 e. The number of benzene rings is 4. The van der Waals surface area contributed by atoms with Crippen LogP contribution in [0, 0.1) is 0 Å². The van der Waals surface area contributed by atoms with Gasteiger partial charge in [0.05, 0.1) is 21.1 Å². The number of hydrogen-bond acceptors (Lipinski definition) is 3. The monoisotopic (exact) mass is 500 g/mol. The molecule has 0 radical (unpaired) electrons. The number of carbonyl (C=O) groups is 2. The van der Waals surface area contributed by atoms with Crippen molar-refractivity contribution in [3.05, 3.63) is 112 Å². The molecule has 3 N–H and O–H groups in total. The molecule has 5 rings (SSSR count). The predicted octanol–water partition coefficient (Wildman–Crippen LogP) is 7.04. The van der Waals surface area contributed by atoms with Crippen molar-refractivity contribution in [3.8, 4) is 11.4 Å². The van der Waals surface area contributed by atoms with E-state index in [0.29, 0.717) is 38.2 Å². The Bertz CT molecular complexity index is 1550. The summed E-state index contributed by atoms with van der Waals surface area (Å²) in [6, 6.07) is 26.6. The van der Waals surface area contributed by atoms with Crippen LogP contribution in [0.15, 0.2) is 91.0 Å². The number of para-hydroxylation sites is 1. The summed E-state index contributed by atoms with van der Waals surface area (Å²) in [5, 5.41) is 6.46. The summed E-state index contributed by atoms with van der Waals surface area (Å²) in [7, 11) is 0. The van der Waals surface area contributed by atoms with Gasteiger partial charge in [-0.1, -0.05) is 53.5 Å². The fourth-order valence-corrected chi connectivity index (χ4v) is 3.86. The quantitative estimate of drug-likeness (QED) is 0.241. The van der Waals surface area contributed by atoms with E-state index >= 15 is 0 Å². The highest BCUT2D eigenvalue weighted by atomic mass is 35.5. The molecular formula is C27H18Cl2N4O2. The van der Waals surface area contributed by atoms with Gasteiger partial charge in [0.15, 0.2) is 0 Å². The first-order valence-electron chi connectivity index (χ1n) is 10.7. The number of aromatic amines is 1. The van der Waals surface area contributed by atoms with Crippen molar-refractivity contribution in [2.75, 3.05) is 10.6 Å². The van der Waals surface area contributed by atoms with Crippen LogP contribution in [0.2, 0.25) is 10.0 Å². The van der Waals surface area contributed by atoms with Gasteiger partial charge in [-0.15, -0.1) is 0 Å². The Kier molecular flexibility index (Phi) is 6.23. The van der Waals surface area contributed by atoms with E-state index in [1.54, 1.807) is 42.5 Å². The third kappa shape index (κ3) is 5.04. The van der Waals surface area contributed by atoms with Gasteiger partial charge >= 0.3 is 0 Å². The molecule has 0 atom stereocenters. The van der Waals surface area contributed by atoms with E-state index in [1.807, 2.05) is 48.5 Å². The minimum atomic E-state index is -0.270. The Labute approximate surface area is 210 Å². The van der Waals surface area contributed by atoms with Crippen LogP contribution in [0.25, 0.3) is 22.4 Å². The van der Waals surface area contributed by atoms with Gasteiger partial charge in [0.2, 0.25) is 0 Å². The smallest absolute Gasteiger partial charge is 0.255 e. The van der Waals surface area contributed by atoms with E-state index in [9.17, 15) is 9.59 Å². The van der Waals surface area contributed by atoms with E-state index < -0.39 is 0 Å². The van der Waals surface area contributed by atoms with Gasteiger partial charge in [-0.2, -0.15) is 0 Å². The maximum atomic E-state index is 12.6. The average Bonchev–Trinajstić information content (AvgIpc) is 3.30. The second-order valence-electron chi connectivity index (χ2n) is 7.80. The Balaban J connectivity index is 1.32. The zero-order valence-corrected chi connectivity index (χ0v) is 19.7. The molecule has 5 aromatic rings. The lowest BCUT2D eigenvalue weighted by molar-refractivity contribution is 0.101. The second-order valence-corrected chi connectivity index (χ2v) is 8.61. The molecule has 0 aliphatic rings. The SMILES string of the molecule is O=C(Nc1ccc(Cl)c(Cl)c1)c1ccc(-c2nc3cc(C(=O)Nc4ccccc4)ccc3[nH]2)cc1. The lowest BCUT2D eigenvalue weighted by Crippen LogP contribution is -2.11. The lowest BCUT2D eigenvalue weighted by atomic mass is 10.1. The van der Waals surface area contributed by atoms with Crippen molar-refractivity contribution in [1.29, 1.82) is 0 Å². The normalized spacial score (nSPS) is 10.8. The Morgan fingerprint density at radius 2 is 1.37 bits per heavy atom. The molecule has 172 valence electrons. The molecule has 0 spiro atoms. The molecule has 35 heavy (non-hydrogen) atoms. The van der Waals surface area contributed by atoms with Crippen LogP contribution in [0.1, 0.15) is 20.7 Å². The number of nitrogens with one attached hydrogen (secondary N) is 3. The molecule has 0 fully saturated rings. The summed E-state index contributed by atoms with van der Waals surface area (Å²) in [6.45, 7) is 0. The molecule has 1 aromatic heterocycles. The Hall–Kier alpha value is -4.13. The maximum absolute atomic E-state index is 12.6. The minimum Gasteiger partial charge on any atom is -0.338 e. The zero-order chi connectivity index (χ0) is 24.4. The molecule has 2 amide bonds. The number of H-pyrrole nitrogens is 1. The highest BCUT2D eigenvalue weighted by Gasteiger charge is 2.12. The van der Waals surface area contributed by atoms with Crippen LogP contribution in [0.3, 0.4) is 0 Å². The first-order valence-corrected chi connectivity index (χ1v) is 11.4. The molecular weight excluding hydrogens is 483 g/mol. The van der Waals surface area contributed by atoms with Crippen LogP contribution in [0.4, 0.5) is 11.4 Å². The van der Waals surface area contributed by atoms with Crippen molar-refractivity contribution in [2.45, 2.75) is 0 Å². The fraction of sp³-hybridized carbons (Fsp3) is 0. The molecule has 8 heteroatoms. The van der Waals surface area contributed by atoms with E-state index in [4.69, 9.17) is 23.2 Å². The van der Waals surface area contributed by atoms with Gasteiger partial charge in [0.1, 0.15) is 5.82 Å². The number of amides is 2. The minimum absolute atomic E-state index is 0.208. The van der Waals surface area contributed by atoms with Crippen LogP contribution >= 0.6 is 23.2 Å². The standard InChI is InChI=1S/C27H18Cl2N4O2/c28-21-12-11-20(15-22(21)29)31-26(34)17-8-6-16(7-9-17)25-32-23-13-10-18(14-24(23)33-25)27(35)30-19-4-2-1-3-5-19/h1-15H,(H,30,35)(H,31,34)(H,32,33). The third-order valence-electron chi connectivity index (χ3n) is 5.37. The van der Waals surface area contributed by atoms with Crippen LogP contribution < -0.4 is 10.6 Å². The van der Waals surface area contributed by atoms with Crippen molar-refractivity contribution in [2.24, 2.45) is 0 Å². The van der Waals surface area contributed by atoms with Gasteiger partial charge in [-0.25, -0.2) is 4.98 Å². The van der Waals surface area contributed by atoms with Gasteiger partial charge < -0.3 is 15.6 Å². The number of nitrogens with zero attached hydrogens (tertiary/aromatic N) is 1. The van der Waals surface area contributed by atoms with E-state index in [-0.39, 0.29) is 11.8 Å². The van der Waals surface area contributed by atoms with Gasteiger partial charge in [0.25, 0.3) is 11.8 Å². The molecule has 0 aliphatic carbocycles. The molecule has 4 aromatic carbocycles. The highest BCUT2D eigenvalue weighted by Crippen LogP contribution is 2.26. The van der Waals surface area contributed by atoms with E-state index in [2.05, 4.69) is 20.6 Å². The molecule has 0 unspecified atom stereocenters. The third-order valence-corrected chi connectivity index (χ3v) is 6.11. The van der Waals surface area contributed by atoms with Gasteiger partial charge in [-0.3, -0.25) is 9.59 Å². The summed E-state index contributed by atoms with van der Waals surface area (Å²) in [5.41, 5.74) is 4.55. The number of imidazole rings is 1. The van der Waals surface area contributed by atoms with Gasteiger partial charge in [-0.05, 0) is 60.7 Å². The first-order chi connectivity index (χ1) is 17.0. The average molecular weight is 501 g/mol. The van der Waals surface area contributed by atoms with E-state index in [1.165, 1.54) is 0 Å². The molecule has 0 aliphatic heterocycles. The topological polar surface area (TPSA) is 86.9 Å². The van der Waals surface area contributed by atoms with Crippen LogP contribution in [-0.4, -0.2) is 21.8 Å². The van der Waals surface area contributed by atoms with Crippen molar-refractivity contribution >= 4 is 57.4 Å². The maximum Gasteiger partial charge on any atom is 0.255 e. The first kappa shape index (κ1) is 22.7. The predicted molar refractivity (Wildman–Crippen MR) is 140 cm³/mol. The number of hydrogen-bond donors (Lipinski definition) is 3. The summed E-state index contributed by atoms with van der Waals surface area (Å²) >= 11 is 11.9. The summed E-state index contributed by atoms with van der Waals surface area (Å²) < 4.78 is 0. The Morgan fingerprint density at radius 3 is 2.11 bits per heavy atom. The zero-order valence-electron chi connectivity index (χ0n) is 18.2. The summed E-state index contributed by atoms with van der Waals surface area (Å²) in [5.74, 6) is 0.158. The molecule has 0 saturated heterocycles. The number of rotatable bonds is 5. The summed E-state index contributed by atoms with van der Waals surface area (Å²) in [6.07, 6.45) is 0. The van der Waals surface area contributed by atoms with Crippen LogP contribution in [-0.2, 0) is 0 Å². The van der Waals surface area contributed by atoms with Crippen molar-refractivity contribution < 1.29 is 9.59 Å². The number of anilines is 2.